The van der Waals surface area contributed by atoms with E-state index in [0.717, 1.165) is 0 Å². The molecule has 12 heavy (non-hydrogen) atoms. The van der Waals surface area contributed by atoms with Crippen molar-refractivity contribution in [3.63, 3.8) is 0 Å². The van der Waals surface area contributed by atoms with E-state index in [0.29, 0.717) is 11.3 Å². The van der Waals surface area contributed by atoms with Crippen molar-refractivity contribution in [1.82, 2.24) is 4.98 Å². The van der Waals surface area contributed by atoms with Crippen LogP contribution in [0.25, 0.3) is 0 Å². The molecule has 0 aliphatic carbocycles. The molecule has 1 N–H and O–H groups in total. The molecule has 0 atom stereocenters. The van der Waals surface area contributed by atoms with Crippen LogP contribution in [0.4, 0.5) is 0 Å². The first kappa shape index (κ1) is 8.03. The summed E-state index contributed by atoms with van der Waals surface area (Å²) >= 11 is 0. The number of nitriles is 2. The monoisotopic (exact) mass is 159 g/mol. The first-order valence-corrected chi connectivity index (χ1v) is 3.23. The number of nitrogens with one attached hydrogen (secondary N) is 1. The van der Waals surface area contributed by atoms with E-state index in [1.54, 1.807) is 13.0 Å². The fourth-order valence-electron chi connectivity index (χ4n) is 0.822. The van der Waals surface area contributed by atoms with Gasteiger partial charge in [-0.2, -0.15) is 10.5 Å². The van der Waals surface area contributed by atoms with Gasteiger partial charge in [-0.1, -0.05) is 0 Å². The maximum Gasteiger partial charge on any atom is 0.266 e. The van der Waals surface area contributed by atoms with E-state index >= 15 is 0 Å². The van der Waals surface area contributed by atoms with Crippen molar-refractivity contribution < 1.29 is 0 Å². The quantitative estimate of drug-likeness (QED) is 0.595. The van der Waals surface area contributed by atoms with Crippen LogP contribution in [0, 0.1) is 29.6 Å². The van der Waals surface area contributed by atoms with Gasteiger partial charge in [0.2, 0.25) is 0 Å². The second-order valence-corrected chi connectivity index (χ2v) is 2.27. The van der Waals surface area contributed by atoms with Crippen LogP contribution in [0.5, 0.6) is 0 Å². The smallest absolute Gasteiger partial charge is 0.266 e. The zero-order valence-corrected chi connectivity index (χ0v) is 6.38. The lowest BCUT2D eigenvalue weighted by molar-refractivity contribution is 1.11. The van der Waals surface area contributed by atoms with Crippen molar-refractivity contribution in [1.29, 1.82) is 10.5 Å². The average molecular weight is 159 g/mol. The summed E-state index contributed by atoms with van der Waals surface area (Å²) in [5.74, 6) is 0. The van der Waals surface area contributed by atoms with Crippen LogP contribution in [0.1, 0.15) is 16.8 Å². The lowest BCUT2D eigenvalue weighted by Crippen LogP contribution is -2.12. The van der Waals surface area contributed by atoms with E-state index in [9.17, 15) is 4.79 Å². The van der Waals surface area contributed by atoms with Gasteiger partial charge in [0.05, 0.1) is 5.56 Å². The van der Waals surface area contributed by atoms with Crippen LogP contribution in [-0.2, 0) is 0 Å². The summed E-state index contributed by atoms with van der Waals surface area (Å²) in [5, 5.41) is 17.0. The minimum absolute atomic E-state index is 0.0304. The van der Waals surface area contributed by atoms with E-state index < -0.39 is 5.56 Å². The first-order valence-electron chi connectivity index (χ1n) is 3.23. The summed E-state index contributed by atoms with van der Waals surface area (Å²) in [5.41, 5.74) is 0.332. The van der Waals surface area contributed by atoms with Crippen molar-refractivity contribution >= 4 is 0 Å². The highest BCUT2D eigenvalue weighted by molar-refractivity contribution is 5.39. The molecule has 1 aromatic heterocycles. The summed E-state index contributed by atoms with van der Waals surface area (Å²) in [6.45, 7) is 1.61. The Labute approximate surface area is 68.7 Å². The molecule has 0 aliphatic heterocycles. The molecule has 0 amide bonds. The molecule has 0 fully saturated rings. The SMILES string of the molecule is Cc1[nH]c(=O)c(C#N)cc1C#N. The van der Waals surface area contributed by atoms with Gasteiger partial charge >= 0.3 is 0 Å². The molecule has 0 saturated carbocycles. The van der Waals surface area contributed by atoms with Gasteiger partial charge in [0, 0.05) is 5.69 Å². The number of H-pyrrole nitrogens is 1. The van der Waals surface area contributed by atoms with E-state index in [1.165, 1.54) is 6.07 Å². The van der Waals surface area contributed by atoms with Gasteiger partial charge in [-0.25, -0.2) is 0 Å². The largest absolute Gasteiger partial charge is 0.324 e. The van der Waals surface area contributed by atoms with Gasteiger partial charge < -0.3 is 4.98 Å². The number of nitrogens with zero attached hydrogens (tertiary/aromatic N) is 2. The number of pyridine rings is 1. The molecule has 0 bridgehead atoms. The van der Waals surface area contributed by atoms with Crippen molar-refractivity contribution in [2.45, 2.75) is 6.92 Å². The summed E-state index contributed by atoms with van der Waals surface area (Å²) in [6.07, 6.45) is 0. The van der Waals surface area contributed by atoms with Crippen molar-refractivity contribution in [2.24, 2.45) is 0 Å². The molecule has 0 spiro atoms. The minimum Gasteiger partial charge on any atom is -0.324 e. The minimum atomic E-state index is -0.450. The predicted octanol–water partition coefficient (Wildman–Crippen LogP) is 0.427. The summed E-state index contributed by atoms with van der Waals surface area (Å²) < 4.78 is 0. The molecule has 0 aromatic carbocycles. The Hall–Kier alpha value is -2.07. The van der Waals surface area contributed by atoms with E-state index in [-0.39, 0.29) is 5.56 Å². The third-order valence-corrected chi connectivity index (χ3v) is 1.48. The normalized spacial score (nSPS) is 8.58. The van der Waals surface area contributed by atoms with E-state index in [1.807, 2.05) is 6.07 Å². The molecule has 4 heteroatoms. The molecule has 1 heterocycles. The molecule has 0 aliphatic rings. The van der Waals surface area contributed by atoms with Crippen molar-refractivity contribution in [3.05, 3.63) is 33.2 Å². The lowest BCUT2D eigenvalue weighted by Gasteiger charge is -1.95. The molecule has 1 rings (SSSR count). The number of aryl methyl sites for hydroxylation is 1. The van der Waals surface area contributed by atoms with Crippen molar-refractivity contribution in [3.8, 4) is 12.1 Å². The Morgan fingerprint density at radius 3 is 2.42 bits per heavy atom. The molecule has 0 radical (unpaired) electrons. The highest BCUT2D eigenvalue weighted by atomic mass is 16.1. The number of rotatable bonds is 0. The lowest BCUT2D eigenvalue weighted by atomic mass is 10.2. The van der Waals surface area contributed by atoms with Crippen LogP contribution in [-0.4, -0.2) is 4.98 Å². The van der Waals surface area contributed by atoms with Gasteiger partial charge in [-0.3, -0.25) is 4.79 Å². The maximum absolute atomic E-state index is 11.0. The fraction of sp³-hybridized carbons (Fsp3) is 0.125. The summed E-state index contributed by atoms with van der Waals surface area (Å²) in [6, 6.07) is 4.86. The van der Waals surface area contributed by atoms with Gasteiger partial charge in [0.25, 0.3) is 5.56 Å². The second-order valence-electron chi connectivity index (χ2n) is 2.27. The molecule has 0 saturated heterocycles. The van der Waals surface area contributed by atoms with Crippen LogP contribution in [0.2, 0.25) is 0 Å². The zero-order chi connectivity index (χ0) is 9.14. The summed E-state index contributed by atoms with van der Waals surface area (Å²) in [4.78, 5) is 13.4. The van der Waals surface area contributed by atoms with Crippen LogP contribution >= 0.6 is 0 Å². The Morgan fingerprint density at radius 2 is 1.92 bits per heavy atom. The number of aromatic nitrogens is 1. The van der Waals surface area contributed by atoms with Crippen LogP contribution in [0.15, 0.2) is 10.9 Å². The zero-order valence-electron chi connectivity index (χ0n) is 6.38. The van der Waals surface area contributed by atoms with Gasteiger partial charge in [0.1, 0.15) is 17.7 Å². The van der Waals surface area contributed by atoms with Crippen LogP contribution < -0.4 is 5.56 Å². The van der Waals surface area contributed by atoms with E-state index in [2.05, 4.69) is 4.98 Å². The average Bonchev–Trinajstić information content (AvgIpc) is 2.05. The maximum atomic E-state index is 11.0. The number of hydrogen-bond acceptors (Lipinski definition) is 3. The van der Waals surface area contributed by atoms with Crippen molar-refractivity contribution in [2.75, 3.05) is 0 Å². The standard InChI is InChI=1S/C8H5N3O/c1-5-6(3-9)2-7(4-10)8(12)11-5/h2H,1H3,(H,11,12). The fourth-order valence-corrected chi connectivity index (χ4v) is 0.822. The third kappa shape index (κ3) is 1.18. The Morgan fingerprint density at radius 1 is 1.33 bits per heavy atom. The topological polar surface area (TPSA) is 80.4 Å². The highest BCUT2D eigenvalue weighted by Gasteiger charge is 2.03. The molecule has 1 aromatic rings. The number of aromatic amines is 1. The highest BCUT2D eigenvalue weighted by Crippen LogP contribution is 2.01. The third-order valence-electron chi connectivity index (χ3n) is 1.48. The molecule has 0 unspecified atom stereocenters. The number of hydrogen-bond donors (Lipinski definition) is 1. The Kier molecular flexibility index (Phi) is 1.94. The van der Waals surface area contributed by atoms with Gasteiger partial charge in [-0.15, -0.1) is 0 Å². The Bertz CT molecular complexity index is 445. The molecule has 58 valence electrons. The van der Waals surface area contributed by atoms with E-state index in [4.69, 9.17) is 10.5 Å². The molecule has 4 nitrogen and oxygen atoms in total. The second kappa shape index (κ2) is 2.89. The van der Waals surface area contributed by atoms with Gasteiger partial charge in [-0.05, 0) is 13.0 Å². The Balaban J connectivity index is 3.54. The first-order chi connectivity index (χ1) is 5.69. The van der Waals surface area contributed by atoms with Gasteiger partial charge in [0.15, 0.2) is 0 Å². The van der Waals surface area contributed by atoms with Crippen LogP contribution in [0.3, 0.4) is 0 Å². The summed E-state index contributed by atoms with van der Waals surface area (Å²) in [7, 11) is 0. The molecular weight excluding hydrogens is 154 g/mol. The molecular formula is C8H5N3O. The predicted molar refractivity (Wildman–Crippen MR) is 41.2 cm³/mol.